The number of hydrogen-bond donors (Lipinski definition) is 0. The minimum absolute atomic E-state index is 0.370. The third-order valence-electron chi connectivity index (χ3n) is 2.94. The molecule has 2 heteroatoms. The van der Waals surface area contributed by atoms with Gasteiger partial charge in [-0.3, -0.25) is 4.79 Å². The molecule has 1 heterocycles. The van der Waals surface area contributed by atoms with E-state index in [2.05, 4.69) is 32.0 Å². The summed E-state index contributed by atoms with van der Waals surface area (Å²) in [6.07, 6.45) is 0.727. The van der Waals surface area contributed by atoms with Gasteiger partial charge in [0.1, 0.15) is 5.76 Å². The Kier molecular flexibility index (Phi) is 3.14. The summed E-state index contributed by atoms with van der Waals surface area (Å²) < 4.78 is 5.47. The summed E-state index contributed by atoms with van der Waals surface area (Å²) in [5.41, 5.74) is 3.49. The van der Waals surface area contributed by atoms with Crippen molar-refractivity contribution in [3.8, 4) is 11.3 Å². The summed E-state index contributed by atoms with van der Waals surface area (Å²) in [5.74, 6) is 1.61. The summed E-state index contributed by atoms with van der Waals surface area (Å²) >= 11 is 0. The molecular weight excluding hydrogens is 212 g/mol. The van der Waals surface area contributed by atoms with Crippen molar-refractivity contribution in [3.63, 3.8) is 0 Å². The lowest BCUT2D eigenvalue weighted by atomic mass is 9.97. The van der Waals surface area contributed by atoms with Crippen molar-refractivity contribution in [1.29, 1.82) is 0 Å². The lowest BCUT2D eigenvalue weighted by Crippen LogP contribution is -1.90. The van der Waals surface area contributed by atoms with Gasteiger partial charge in [-0.2, -0.15) is 0 Å². The first-order valence-electron chi connectivity index (χ1n) is 5.77. The predicted molar refractivity (Wildman–Crippen MR) is 68.4 cm³/mol. The van der Waals surface area contributed by atoms with Crippen LogP contribution in [-0.4, -0.2) is 6.29 Å². The zero-order valence-electron chi connectivity index (χ0n) is 10.4. The largest absolute Gasteiger partial charge is 0.453 e. The van der Waals surface area contributed by atoms with Crippen LogP contribution in [0.2, 0.25) is 0 Å². The van der Waals surface area contributed by atoms with Gasteiger partial charge in [-0.1, -0.05) is 26.0 Å². The van der Waals surface area contributed by atoms with Crippen molar-refractivity contribution in [2.45, 2.75) is 26.7 Å². The molecule has 0 aliphatic heterocycles. The molecule has 0 unspecified atom stereocenters. The van der Waals surface area contributed by atoms with Gasteiger partial charge in [0.25, 0.3) is 0 Å². The molecule has 88 valence electrons. The fraction of sp³-hybridized carbons (Fsp3) is 0.267. The van der Waals surface area contributed by atoms with E-state index in [1.165, 1.54) is 5.56 Å². The van der Waals surface area contributed by atoms with Crippen LogP contribution in [0, 0.1) is 6.92 Å². The molecule has 0 atom stereocenters. The van der Waals surface area contributed by atoms with Gasteiger partial charge in [0.15, 0.2) is 12.0 Å². The maximum Gasteiger partial charge on any atom is 0.185 e. The van der Waals surface area contributed by atoms with Crippen LogP contribution in [0.1, 0.15) is 41.4 Å². The molecule has 0 bridgehead atoms. The van der Waals surface area contributed by atoms with E-state index in [-0.39, 0.29) is 0 Å². The molecule has 1 aromatic heterocycles. The maximum absolute atomic E-state index is 10.6. The molecule has 0 saturated carbocycles. The van der Waals surface area contributed by atoms with E-state index >= 15 is 0 Å². The molecule has 1 aromatic carbocycles. The Balaban J connectivity index is 2.49. The van der Waals surface area contributed by atoms with Crippen molar-refractivity contribution in [2.24, 2.45) is 0 Å². The molecule has 0 amide bonds. The summed E-state index contributed by atoms with van der Waals surface area (Å²) in [4.78, 5) is 10.6. The third kappa shape index (κ3) is 2.31. The van der Waals surface area contributed by atoms with Gasteiger partial charge < -0.3 is 4.42 Å². The minimum Gasteiger partial charge on any atom is -0.453 e. The van der Waals surface area contributed by atoms with Crippen LogP contribution >= 0.6 is 0 Å². The molecule has 0 saturated heterocycles. The Morgan fingerprint density at radius 1 is 1.18 bits per heavy atom. The van der Waals surface area contributed by atoms with Crippen molar-refractivity contribution >= 4 is 6.29 Å². The quantitative estimate of drug-likeness (QED) is 0.737. The van der Waals surface area contributed by atoms with Crippen molar-refractivity contribution < 1.29 is 9.21 Å². The summed E-state index contributed by atoms with van der Waals surface area (Å²) in [7, 11) is 0. The Hall–Kier alpha value is -1.83. The van der Waals surface area contributed by atoms with Crippen molar-refractivity contribution in [3.05, 3.63) is 47.2 Å². The number of hydrogen-bond acceptors (Lipinski definition) is 2. The molecular formula is C15H16O2. The van der Waals surface area contributed by atoms with Crippen molar-refractivity contribution in [2.75, 3.05) is 0 Å². The minimum atomic E-state index is 0.370. The van der Waals surface area contributed by atoms with Crippen molar-refractivity contribution in [1.82, 2.24) is 0 Å². The van der Waals surface area contributed by atoms with Gasteiger partial charge in [-0.05, 0) is 42.2 Å². The Bertz CT molecular complexity index is 536. The monoisotopic (exact) mass is 228 g/mol. The average molecular weight is 228 g/mol. The SMILES string of the molecule is Cc1ccc(C(C)C)cc1-c1ccc(C=O)o1. The number of furan rings is 1. The topological polar surface area (TPSA) is 30.2 Å². The van der Waals surface area contributed by atoms with Crippen LogP contribution in [0.25, 0.3) is 11.3 Å². The average Bonchev–Trinajstić information content (AvgIpc) is 2.77. The second kappa shape index (κ2) is 4.58. The summed E-state index contributed by atoms with van der Waals surface area (Å²) in [5, 5.41) is 0. The van der Waals surface area contributed by atoms with Gasteiger partial charge in [0.2, 0.25) is 0 Å². The molecule has 0 fully saturated rings. The number of rotatable bonds is 3. The molecule has 17 heavy (non-hydrogen) atoms. The van der Waals surface area contributed by atoms with Gasteiger partial charge in [0, 0.05) is 5.56 Å². The zero-order chi connectivity index (χ0) is 12.4. The van der Waals surface area contributed by atoms with E-state index in [1.54, 1.807) is 6.07 Å². The highest BCUT2D eigenvalue weighted by atomic mass is 16.3. The fourth-order valence-corrected chi connectivity index (χ4v) is 1.83. The fourth-order valence-electron chi connectivity index (χ4n) is 1.83. The molecule has 2 nitrogen and oxygen atoms in total. The molecule has 2 aromatic rings. The zero-order valence-corrected chi connectivity index (χ0v) is 10.4. The van der Waals surface area contributed by atoms with Crippen LogP contribution < -0.4 is 0 Å². The first-order valence-corrected chi connectivity index (χ1v) is 5.77. The maximum atomic E-state index is 10.6. The van der Waals surface area contributed by atoms with Crippen LogP contribution in [0.5, 0.6) is 0 Å². The van der Waals surface area contributed by atoms with E-state index in [9.17, 15) is 4.79 Å². The van der Waals surface area contributed by atoms with E-state index in [1.807, 2.05) is 13.0 Å². The Morgan fingerprint density at radius 3 is 2.53 bits per heavy atom. The highest BCUT2D eigenvalue weighted by Gasteiger charge is 2.09. The predicted octanol–water partition coefficient (Wildman–Crippen LogP) is 4.19. The van der Waals surface area contributed by atoms with Crippen LogP contribution in [0.3, 0.4) is 0 Å². The molecule has 0 aliphatic rings. The van der Waals surface area contributed by atoms with E-state index in [0.29, 0.717) is 11.7 Å². The first-order chi connectivity index (χ1) is 8.11. The van der Waals surface area contributed by atoms with E-state index in [4.69, 9.17) is 4.42 Å². The number of carbonyl (C=O) groups excluding carboxylic acids is 1. The summed E-state index contributed by atoms with van der Waals surface area (Å²) in [6.45, 7) is 6.36. The van der Waals surface area contributed by atoms with Crippen LogP contribution in [-0.2, 0) is 0 Å². The third-order valence-corrected chi connectivity index (χ3v) is 2.94. The number of benzene rings is 1. The molecule has 0 radical (unpaired) electrons. The highest BCUT2D eigenvalue weighted by molar-refractivity contribution is 5.73. The van der Waals surface area contributed by atoms with Gasteiger partial charge in [-0.15, -0.1) is 0 Å². The van der Waals surface area contributed by atoms with Crippen LogP contribution in [0.15, 0.2) is 34.7 Å². The van der Waals surface area contributed by atoms with E-state index < -0.39 is 0 Å². The normalized spacial score (nSPS) is 10.8. The lowest BCUT2D eigenvalue weighted by molar-refractivity contribution is 0.110. The molecule has 2 rings (SSSR count). The Morgan fingerprint density at radius 2 is 1.94 bits per heavy atom. The van der Waals surface area contributed by atoms with Gasteiger partial charge >= 0.3 is 0 Å². The second-order valence-electron chi connectivity index (χ2n) is 4.55. The summed E-state index contributed by atoms with van der Waals surface area (Å²) in [6, 6.07) is 9.90. The number of carbonyl (C=O) groups is 1. The van der Waals surface area contributed by atoms with E-state index in [0.717, 1.165) is 23.2 Å². The second-order valence-corrected chi connectivity index (χ2v) is 4.55. The Labute approximate surface area is 101 Å². The number of aryl methyl sites for hydroxylation is 1. The molecule has 0 N–H and O–H groups in total. The number of aldehydes is 1. The standard InChI is InChI=1S/C15H16O2/c1-10(2)12-5-4-11(3)14(8-12)15-7-6-13(9-16)17-15/h4-10H,1-3H3. The first kappa shape index (κ1) is 11.6. The molecule has 0 spiro atoms. The van der Waals surface area contributed by atoms with Gasteiger partial charge in [-0.25, -0.2) is 0 Å². The molecule has 0 aliphatic carbocycles. The highest BCUT2D eigenvalue weighted by Crippen LogP contribution is 2.28. The van der Waals surface area contributed by atoms with Crippen LogP contribution in [0.4, 0.5) is 0 Å². The smallest absolute Gasteiger partial charge is 0.185 e. The lowest BCUT2D eigenvalue weighted by Gasteiger charge is -2.09. The van der Waals surface area contributed by atoms with Gasteiger partial charge in [0.05, 0.1) is 0 Å².